The Kier molecular flexibility index (Phi) is 5.09. The van der Waals surface area contributed by atoms with Crippen LogP contribution in [0.3, 0.4) is 0 Å². The molecule has 0 bridgehead atoms. The monoisotopic (exact) mass is 391 g/mol. The van der Waals surface area contributed by atoms with Gasteiger partial charge in [-0.15, -0.1) is 0 Å². The molecule has 0 radical (unpaired) electrons. The van der Waals surface area contributed by atoms with E-state index in [1.807, 2.05) is 0 Å². The number of hydrazine groups is 1. The number of carbonyl (C=O) groups is 1. The first-order chi connectivity index (χ1) is 10.4. The maximum Gasteiger partial charge on any atom is 0.242 e. The molecule has 0 aliphatic heterocycles. The lowest BCUT2D eigenvalue weighted by Crippen LogP contribution is -2.32. The molecule has 2 aromatic rings. The first-order valence-corrected chi connectivity index (χ1v) is 7.02. The lowest BCUT2D eigenvalue weighted by molar-refractivity contribution is -0.120. The van der Waals surface area contributed by atoms with E-state index in [-0.39, 0.29) is 27.0 Å². The van der Waals surface area contributed by atoms with E-state index in [2.05, 4.69) is 36.7 Å². The normalized spacial score (nSPS) is 10.4. The Morgan fingerprint density at radius 3 is 2.59 bits per heavy atom. The molecule has 0 fully saturated rings. The molecule has 0 saturated heterocycles. The van der Waals surface area contributed by atoms with E-state index in [0.29, 0.717) is 0 Å². The number of hydrogen-bond donors (Lipinski definition) is 3. The van der Waals surface area contributed by atoms with Crippen LogP contribution in [-0.2, 0) is 11.2 Å². The number of nitrogen functional groups attached to an aromatic ring is 1. The summed E-state index contributed by atoms with van der Waals surface area (Å²) in [6.45, 7) is 0. The fourth-order valence-corrected chi connectivity index (χ4v) is 2.01. The number of nitrogens with one attached hydrogen (secondary N) is 2. The molecule has 2 rings (SSSR count). The van der Waals surface area contributed by atoms with Gasteiger partial charge in [-0.05, 0) is 28.1 Å². The van der Waals surface area contributed by atoms with Gasteiger partial charge in [-0.25, -0.2) is 8.78 Å². The number of rotatable bonds is 4. The minimum atomic E-state index is -0.800. The van der Waals surface area contributed by atoms with Gasteiger partial charge in [0.2, 0.25) is 11.9 Å². The summed E-state index contributed by atoms with van der Waals surface area (Å²) in [5.74, 6) is -2.27. The summed E-state index contributed by atoms with van der Waals surface area (Å²) in [6, 6.07) is 3.36. The Labute approximate surface area is 137 Å². The van der Waals surface area contributed by atoms with Crippen molar-refractivity contribution in [3.63, 3.8) is 0 Å². The largest absolute Gasteiger partial charge is 0.368 e. The average Bonchev–Trinajstić information content (AvgIpc) is 2.45. The van der Waals surface area contributed by atoms with Gasteiger partial charge in [-0.1, -0.05) is 17.7 Å². The number of amides is 1. The average molecular weight is 393 g/mol. The van der Waals surface area contributed by atoms with Gasteiger partial charge in [-0.3, -0.25) is 15.6 Å². The maximum absolute atomic E-state index is 13.4. The molecule has 0 atom stereocenters. The molecule has 0 aliphatic rings. The van der Waals surface area contributed by atoms with Crippen molar-refractivity contribution in [1.29, 1.82) is 0 Å². The zero-order valence-electron chi connectivity index (χ0n) is 10.8. The predicted octanol–water partition coefficient (Wildman–Crippen LogP) is 2.44. The van der Waals surface area contributed by atoms with E-state index in [1.165, 1.54) is 6.07 Å². The molecule has 6 nitrogen and oxygen atoms in total. The molecule has 4 N–H and O–H groups in total. The highest BCUT2D eigenvalue weighted by Crippen LogP contribution is 2.27. The van der Waals surface area contributed by atoms with E-state index >= 15 is 0 Å². The molecule has 0 saturated carbocycles. The standard InChI is InChI=1S/C12H9BrClF2N5O/c13-9-10(14)18-12(17)19-11(9)21-20-8(22)4-5-6(15)2-1-3-7(5)16/h1-3H,4H2,(H,20,22)(H3,17,18,19,21). The van der Waals surface area contributed by atoms with E-state index in [4.69, 9.17) is 17.3 Å². The quantitative estimate of drug-likeness (QED) is 0.549. The summed E-state index contributed by atoms with van der Waals surface area (Å²) >= 11 is 8.88. The van der Waals surface area contributed by atoms with Gasteiger partial charge in [0.25, 0.3) is 0 Å². The van der Waals surface area contributed by atoms with Gasteiger partial charge in [-0.2, -0.15) is 9.97 Å². The minimum Gasteiger partial charge on any atom is -0.368 e. The molecule has 0 aliphatic carbocycles. The molecule has 0 spiro atoms. The summed E-state index contributed by atoms with van der Waals surface area (Å²) in [6.07, 6.45) is -0.489. The van der Waals surface area contributed by atoms with Crippen LogP contribution in [0.2, 0.25) is 5.15 Å². The Balaban J connectivity index is 2.05. The van der Waals surface area contributed by atoms with Crippen molar-refractivity contribution < 1.29 is 13.6 Å². The van der Waals surface area contributed by atoms with E-state index < -0.39 is 24.0 Å². The first-order valence-electron chi connectivity index (χ1n) is 5.84. The second-order valence-corrected chi connectivity index (χ2v) is 5.24. The molecule has 10 heteroatoms. The molecule has 1 aromatic heterocycles. The third-order valence-corrected chi connectivity index (χ3v) is 3.80. The van der Waals surface area contributed by atoms with Crippen LogP contribution < -0.4 is 16.6 Å². The highest BCUT2D eigenvalue weighted by atomic mass is 79.9. The summed E-state index contributed by atoms with van der Waals surface area (Å²) in [5, 5.41) is 0.0457. The fraction of sp³-hybridized carbons (Fsp3) is 0.0833. The molecule has 22 heavy (non-hydrogen) atoms. The van der Waals surface area contributed by atoms with Crippen LogP contribution >= 0.6 is 27.5 Å². The van der Waals surface area contributed by atoms with Crippen molar-refractivity contribution in [1.82, 2.24) is 15.4 Å². The first kappa shape index (κ1) is 16.4. The van der Waals surface area contributed by atoms with Gasteiger partial charge in [0.1, 0.15) is 11.6 Å². The lowest BCUT2D eigenvalue weighted by Gasteiger charge is -2.11. The third kappa shape index (κ3) is 3.80. The molecule has 1 heterocycles. The van der Waals surface area contributed by atoms with Crippen LogP contribution in [0.5, 0.6) is 0 Å². The van der Waals surface area contributed by atoms with Crippen LogP contribution in [0.1, 0.15) is 5.56 Å². The Morgan fingerprint density at radius 1 is 1.32 bits per heavy atom. The van der Waals surface area contributed by atoms with Crippen LogP contribution in [-0.4, -0.2) is 15.9 Å². The summed E-state index contributed by atoms with van der Waals surface area (Å²) in [7, 11) is 0. The van der Waals surface area contributed by atoms with E-state index in [1.54, 1.807) is 0 Å². The number of carbonyl (C=O) groups excluding carboxylic acids is 1. The van der Waals surface area contributed by atoms with Crippen molar-refractivity contribution in [2.75, 3.05) is 11.2 Å². The summed E-state index contributed by atoms with van der Waals surface area (Å²) in [4.78, 5) is 19.2. The van der Waals surface area contributed by atoms with Crippen molar-refractivity contribution >= 4 is 45.2 Å². The zero-order chi connectivity index (χ0) is 16.3. The smallest absolute Gasteiger partial charge is 0.242 e. The predicted molar refractivity (Wildman–Crippen MR) is 81.0 cm³/mol. The Hall–Kier alpha value is -2.00. The number of anilines is 2. The van der Waals surface area contributed by atoms with Gasteiger partial charge in [0.15, 0.2) is 11.0 Å². The molecule has 116 valence electrons. The molecular formula is C12H9BrClF2N5O. The minimum absolute atomic E-state index is 0.0457. The van der Waals surface area contributed by atoms with Crippen molar-refractivity contribution in [3.8, 4) is 0 Å². The number of halogens is 4. The van der Waals surface area contributed by atoms with Crippen molar-refractivity contribution in [3.05, 3.63) is 45.0 Å². The van der Waals surface area contributed by atoms with Crippen molar-refractivity contribution in [2.45, 2.75) is 6.42 Å². The zero-order valence-corrected chi connectivity index (χ0v) is 13.2. The maximum atomic E-state index is 13.4. The van der Waals surface area contributed by atoms with E-state index in [9.17, 15) is 13.6 Å². The van der Waals surface area contributed by atoms with Gasteiger partial charge in [0.05, 0.1) is 10.9 Å². The summed E-state index contributed by atoms with van der Waals surface area (Å²) < 4.78 is 27.2. The van der Waals surface area contributed by atoms with E-state index in [0.717, 1.165) is 12.1 Å². The number of benzene rings is 1. The second kappa shape index (κ2) is 6.84. The van der Waals surface area contributed by atoms with Gasteiger partial charge in [0, 0.05) is 5.56 Å². The van der Waals surface area contributed by atoms with Crippen LogP contribution in [0.15, 0.2) is 22.7 Å². The Bertz CT molecular complexity index is 711. The number of nitrogens with two attached hydrogens (primary N) is 1. The molecular weight excluding hydrogens is 384 g/mol. The SMILES string of the molecule is Nc1nc(Cl)c(Br)c(NNC(=O)Cc2c(F)cccc2F)n1. The van der Waals surface area contributed by atoms with Crippen LogP contribution in [0, 0.1) is 11.6 Å². The van der Waals surface area contributed by atoms with Gasteiger partial charge < -0.3 is 5.73 Å². The topological polar surface area (TPSA) is 92.9 Å². The molecule has 1 aromatic carbocycles. The second-order valence-electron chi connectivity index (χ2n) is 4.09. The number of aromatic nitrogens is 2. The lowest BCUT2D eigenvalue weighted by atomic mass is 10.1. The fourth-order valence-electron chi connectivity index (χ4n) is 1.55. The number of hydrogen-bond acceptors (Lipinski definition) is 5. The summed E-state index contributed by atoms with van der Waals surface area (Å²) in [5.41, 5.74) is 9.77. The Morgan fingerprint density at radius 2 is 1.95 bits per heavy atom. The van der Waals surface area contributed by atoms with Crippen LogP contribution in [0.25, 0.3) is 0 Å². The third-order valence-electron chi connectivity index (χ3n) is 2.55. The highest BCUT2D eigenvalue weighted by molar-refractivity contribution is 9.10. The van der Waals surface area contributed by atoms with Crippen molar-refractivity contribution in [2.24, 2.45) is 0 Å². The van der Waals surface area contributed by atoms with Crippen LogP contribution in [0.4, 0.5) is 20.5 Å². The molecule has 1 amide bonds. The molecule has 0 unspecified atom stereocenters. The van der Waals surface area contributed by atoms with Gasteiger partial charge >= 0.3 is 0 Å². The number of nitrogens with zero attached hydrogens (tertiary/aromatic N) is 2. The highest BCUT2D eigenvalue weighted by Gasteiger charge is 2.14.